The second-order valence-electron chi connectivity index (χ2n) is 1.24. The first-order valence-electron chi connectivity index (χ1n) is 2.55. The fraction of sp³-hybridized carbons (Fsp3) is 0.600. The molecule has 0 saturated heterocycles. The highest BCUT2D eigenvalue weighted by Gasteiger charge is 2.13. The van der Waals surface area contributed by atoms with Crippen molar-refractivity contribution in [2.24, 2.45) is 0 Å². The number of rotatable bonds is 2. The summed E-state index contributed by atoms with van der Waals surface area (Å²) in [6.07, 6.45) is 1.75. The quantitative estimate of drug-likeness (QED) is 0.502. The molecule has 10 heavy (non-hydrogen) atoms. The molecule has 62 valence electrons. The van der Waals surface area contributed by atoms with E-state index in [1.54, 1.807) is 6.08 Å². The summed E-state index contributed by atoms with van der Waals surface area (Å²) in [7, 11) is -1.45. The minimum Gasteiger partial charge on any atom is -0.303 e. The van der Waals surface area contributed by atoms with Crippen LogP contribution in [0.3, 0.4) is 0 Å². The van der Waals surface area contributed by atoms with Crippen LogP contribution in [0.25, 0.3) is 0 Å². The fourth-order valence-corrected chi connectivity index (χ4v) is 0.224. The first-order chi connectivity index (χ1) is 4.54. The van der Waals surface area contributed by atoms with Crippen LogP contribution in [0, 0.1) is 0 Å². The summed E-state index contributed by atoms with van der Waals surface area (Å²) in [6, 6.07) is 0. The van der Waals surface area contributed by atoms with Gasteiger partial charge in [-0.15, -0.1) is 6.58 Å². The van der Waals surface area contributed by atoms with Crippen LogP contribution in [0.2, 0.25) is 0 Å². The van der Waals surface area contributed by atoms with E-state index in [2.05, 4.69) is 15.6 Å². The molecule has 0 aliphatic rings. The summed E-state index contributed by atoms with van der Waals surface area (Å²) >= 11 is 0. The van der Waals surface area contributed by atoms with Crippen molar-refractivity contribution in [3.63, 3.8) is 0 Å². The first kappa shape index (κ1) is 12.5. The van der Waals surface area contributed by atoms with E-state index in [4.69, 9.17) is 4.89 Å². The van der Waals surface area contributed by atoms with E-state index in [1.165, 1.54) is 0 Å². The van der Waals surface area contributed by atoms with Gasteiger partial charge < -0.3 is 4.89 Å². The van der Waals surface area contributed by atoms with Crippen LogP contribution in [0.4, 0.5) is 0 Å². The molecule has 0 aliphatic heterocycles. The van der Waals surface area contributed by atoms with Crippen LogP contribution in [-0.2, 0) is 13.6 Å². The molecule has 0 aromatic carbocycles. The smallest absolute Gasteiger partial charge is 0.303 e. The van der Waals surface area contributed by atoms with Crippen LogP contribution in [0.15, 0.2) is 12.7 Å². The minimum atomic E-state index is -3.65. The molecular formula is C5H13O4P. The van der Waals surface area contributed by atoms with Crippen LogP contribution >= 0.6 is 7.82 Å². The van der Waals surface area contributed by atoms with Gasteiger partial charge in [0.05, 0.1) is 0 Å². The topological polar surface area (TPSA) is 55.8 Å². The van der Waals surface area contributed by atoms with Gasteiger partial charge in [0.1, 0.15) is 0 Å². The van der Waals surface area contributed by atoms with Crippen molar-refractivity contribution >= 4 is 7.82 Å². The molecule has 0 heterocycles. The number of hydrogen-bond donors (Lipinski definition) is 1. The van der Waals surface area contributed by atoms with Crippen molar-refractivity contribution in [3.05, 3.63) is 12.7 Å². The van der Waals surface area contributed by atoms with Crippen molar-refractivity contribution in [1.82, 2.24) is 0 Å². The number of allylic oxidation sites excluding steroid dienone is 1. The third-order valence-electron chi connectivity index (χ3n) is 0.461. The number of hydrogen-bond acceptors (Lipinski definition) is 3. The van der Waals surface area contributed by atoms with Gasteiger partial charge in [-0.2, -0.15) is 0 Å². The van der Waals surface area contributed by atoms with E-state index in [-0.39, 0.29) is 0 Å². The molecule has 0 atom stereocenters. The molecule has 1 N–H and O–H groups in total. The highest BCUT2D eigenvalue weighted by Crippen LogP contribution is 2.40. The van der Waals surface area contributed by atoms with Gasteiger partial charge in [-0.1, -0.05) is 6.08 Å². The Morgan fingerprint density at radius 2 is 1.70 bits per heavy atom. The lowest BCUT2D eigenvalue weighted by atomic mass is 10.8. The van der Waals surface area contributed by atoms with E-state index >= 15 is 0 Å². The molecular weight excluding hydrogens is 155 g/mol. The zero-order valence-corrected chi connectivity index (χ0v) is 7.30. The number of phosphoric acid groups is 1. The van der Waals surface area contributed by atoms with Gasteiger partial charge in [-0.25, -0.2) is 4.57 Å². The third kappa shape index (κ3) is 10.8. The Bertz CT molecular complexity index is 115. The Morgan fingerprint density at radius 3 is 1.70 bits per heavy atom. The highest BCUT2D eigenvalue weighted by atomic mass is 31.2. The molecule has 0 spiro atoms. The Balaban J connectivity index is 0. The standard InChI is InChI=1S/C3H6.C2H7O4P/c1-3-2;1-5-7(3,4)6-2/h3H,1H2,2H3;1-2H3,(H,3,4). The van der Waals surface area contributed by atoms with Crippen molar-refractivity contribution in [2.45, 2.75) is 6.92 Å². The normalized spacial score (nSPS) is 9.60. The Morgan fingerprint density at radius 1 is 1.50 bits per heavy atom. The van der Waals surface area contributed by atoms with Gasteiger partial charge in [-0.3, -0.25) is 9.05 Å². The summed E-state index contributed by atoms with van der Waals surface area (Å²) in [5, 5.41) is 0. The van der Waals surface area contributed by atoms with Gasteiger partial charge in [0.15, 0.2) is 0 Å². The molecule has 0 aromatic heterocycles. The third-order valence-corrected chi connectivity index (χ3v) is 1.38. The first-order valence-corrected chi connectivity index (χ1v) is 4.05. The summed E-state index contributed by atoms with van der Waals surface area (Å²) < 4.78 is 18.0. The molecule has 0 radical (unpaired) electrons. The zero-order valence-electron chi connectivity index (χ0n) is 6.40. The average Bonchev–Trinajstić information content (AvgIpc) is 1.90. The maximum atomic E-state index is 10.1. The minimum absolute atomic E-state index is 1.10. The van der Waals surface area contributed by atoms with Gasteiger partial charge in [-0.05, 0) is 6.92 Å². The molecule has 5 heteroatoms. The molecule has 0 aromatic rings. The lowest BCUT2D eigenvalue weighted by Crippen LogP contribution is -1.83. The molecule has 0 amide bonds. The molecule has 0 bridgehead atoms. The predicted molar refractivity (Wildman–Crippen MR) is 39.7 cm³/mol. The van der Waals surface area contributed by atoms with E-state index in [0.717, 1.165) is 14.2 Å². The lowest BCUT2D eigenvalue weighted by molar-refractivity contribution is 0.204. The van der Waals surface area contributed by atoms with Gasteiger partial charge in [0, 0.05) is 14.2 Å². The Labute approximate surface area is 61.1 Å². The van der Waals surface area contributed by atoms with Crippen LogP contribution < -0.4 is 0 Å². The monoisotopic (exact) mass is 168 g/mol. The molecule has 0 unspecified atom stereocenters. The van der Waals surface area contributed by atoms with Gasteiger partial charge in [0.2, 0.25) is 0 Å². The lowest BCUT2D eigenvalue weighted by Gasteiger charge is -2.01. The van der Waals surface area contributed by atoms with E-state index in [1.807, 2.05) is 6.92 Å². The molecule has 0 rings (SSSR count). The summed E-state index contributed by atoms with van der Waals surface area (Å²) in [5.41, 5.74) is 0. The number of phosphoric ester groups is 1. The van der Waals surface area contributed by atoms with Crippen molar-refractivity contribution in [3.8, 4) is 0 Å². The second-order valence-corrected chi connectivity index (χ2v) is 2.91. The Hall–Kier alpha value is -0.150. The van der Waals surface area contributed by atoms with Crippen LogP contribution in [-0.4, -0.2) is 19.1 Å². The molecule has 4 nitrogen and oxygen atoms in total. The molecule has 0 fully saturated rings. The van der Waals surface area contributed by atoms with Crippen LogP contribution in [0.5, 0.6) is 0 Å². The summed E-state index contributed by atoms with van der Waals surface area (Å²) in [5.74, 6) is 0. The highest BCUT2D eigenvalue weighted by molar-refractivity contribution is 7.47. The fourth-order valence-electron chi connectivity index (χ4n) is 0.0745. The maximum absolute atomic E-state index is 10.1. The van der Waals surface area contributed by atoms with Crippen molar-refractivity contribution < 1.29 is 18.5 Å². The van der Waals surface area contributed by atoms with Gasteiger partial charge >= 0.3 is 7.82 Å². The maximum Gasteiger partial charge on any atom is 0.471 e. The molecule has 0 aliphatic carbocycles. The van der Waals surface area contributed by atoms with E-state index < -0.39 is 7.82 Å². The largest absolute Gasteiger partial charge is 0.471 e. The molecule has 0 saturated carbocycles. The van der Waals surface area contributed by atoms with Crippen LogP contribution in [0.1, 0.15) is 6.92 Å². The Kier molecular flexibility index (Phi) is 8.72. The SMILES string of the molecule is C=CC.COP(=O)(O)OC. The second kappa shape index (κ2) is 6.96. The summed E-state index contributed by atoms with van der Waals surface area (Å²) in [6.45, 7) is 5.25. The van der Waals surface area contributed by atoms with E-state index in [0.29, 0.717) is 0 Å². The van der Waals surface area contributed by atoms with Gasteiger partial charge in [0.25, 0.3) is 0 Å². The average molecular weight is 168 g/mol. The zero-order chi connectivity index (χ0) is 8.62. The summed E-state index contributed by atoms with van der Waals surface area (Å²) in [4.78, 5) is 8.24. The van der Waals surface area contributed by atoms with Crippen molar-refractivity contribution in [2.75, 3.05) is 14.2 Å². The van der Waals surface area contributed by atoms with Crippen molar-refractivity contribution in [1.29, 1.82) is 0 Å². The predicted octanol–water partition coefficient (Wildman–Crippen LogP) is 1.57. The van der Waals surface area contributed by atoms with E-state index in [9.17, 15) is 4.57 Å².